The Kier molecular flexibility index (Phi) is 13.0. The molecule has 0 aromatic carbocycles. The average molecular weight is 920 g/mol. The molecule has 0 unspecified atom stereocenters. The smallest absolute Gasteiger partial charge is 0.278 e. The van der Waals surface area contributed by atoms with Crippen molar-refractivity contribution >= 4 is 54.1 Å². The second-order valence-electron chi connectivity index (χ2n) is 14.8. The van der Waals surface area contributed by atoms with Crippen LogP contribution in [0, 0.1) is 0 Å². The molecule has 20 nitrogen and oxygen atoms in total. The molecule has 2 aliphatic rings. The predicted octanol–water partition coefficient (Wildman–Crippen LogP) is 4.88. The summed E-state index contributed by atoms with van der Waals surface area (Å²) in [7, 11) is -7.33. The highest BCUT2D eigenvalue weighted by molar-refractivity contribution is 7.89. The second-order valence-corrected chi connectivity index (χ2v) is 18.5. The van der Waals surface area contributed by atoms with Crippen LogP contribution in [0.25, 0.3) is 33.8 Å². The van der Waals surface area contributed by atoms with Crippen LogP contribution >= 0.6 is 0 Å². The lowest BCUT2D eigenvalue weighted by Gasteiger charge is -2.25. The molecule has 22 heteroatoms. The van der Waals surface area contributed by atoms with Crippen LogP contribution < -0.4 is 21.8 Å². The fourth-order valence-corrected chi connectivity index (χ4v) is 10.1. The van der Waals surface area contributed by atoms with E-state index in [1.807, 2.05) is 57.6 Å². The van der Waals surface area contributed by atoms with E-state index in [1.54, 1.807) is 30.9 Å². The molecule has 8 aromatic rings. The molecule has 0 saturated carbocycles. The summed E-state index contributed by atoms with van der Waals surface area (Å²) in [6, 6.07) is 17.3. The summed E-state index contributed by atoms with van der Waals surface area (Å²) in [4.78, 5) is 49.8. The highest BCUT2D eigenvalue weighted by Crippen LogP contribution is 2.29. The van der Waals surface area contributed by atoms with Crippen molar-refractivity contribution in [3.63, 3.8) is 0 Å². The van der Waals surface area contributed by atoms with Crippen molar-refractivity contribution < 1.29 is 21.6 Å². The van der Waals surface area contributed by atoms with Crippen molar-refractivity contribution in [2.45, 2.75) is 36.9 Å². The van der Waals surface area contributed by atoms with Crippen LogP contribution in [-0.4, -0.2) is 109 Å². The number of nitrogens with one attached hydrogen (secondary N) is 4. The number of piperidine rings is 1. The van der Waals surface area contributed by atoms with Crippen LogP contribution in [0.3, 0.4) is 0 Å². The first-order valence-corrected chi connectivity index (χ1v) is 23.1. The van der Waals surface area contributed by atoms with Gasteiger partial charge in [0.1, 0.15) is 0 Å². The minimum Gasteiger partial charge on any atom is -0.379 e. The first-order chi connectivity index (χ1) is 31.0. The lowest BCUT2D eigenvalue weighted by atomic mass is 10.1. The topological polar surface area (TPSA) is 247 Å². The van der Waals surface area contributed by atoms with Gasteiger partial charge < -0.3 is 25.3 Å². The zero-order chi connectivity index (χ0) is 44.3. The Morgan fingerprint density at radius 2 is 1.09 bits per heavy atom. The molecule has 336 valence electrons. The van der Waals surface area contributed by atoms with Crippen molar-refractivity contribution in [1.82, 2.24) is 52.3 Å². The quantitative estimate of drug-likeness (QED) is 0.134. The fourth-order valence-electron chi connectivity index (χ4n) is 7.47. The zero-order valence-electron chi connectivity index (χ0n) is 34.0. The number of aromatic amines is 2. The number of sulfonamides is 2. The van der Waals surface area contributed by atoms with E-state index in [4.69, 9.17) is 4.74 Å². The van der Waals surface area contributed by atoms with Gasteiger partial charge in [0.15, 0.2) is 16.3 Å². The Bertz CT molecular complexity index is 3070. The van der Waals surface area contributed by atoms with Crippen LogP contribution in [0.1, 0.15) is 26.7 Å². The number of nitrogens with zero attached hydrogens (tertiary/aromatic N) is 9. The predicted molar refractivity (Wildman–Crippen MR) is 244 cm³/mol. The van der Waals surface area contributed by atoms with Gasteiger partial charge in [-0.25, -0.2) is 41.8 Å². The minimum absolute atomic E-state index is 0. The van der Waals surface area contributed by atoms with Gasteiger partial charge in [0.25, 0.3) is 25.2 Å². The van der Waals surface area contributed by atoms with E-state index >= 15 is 0 Å². The normalized spacial score (nSPS) is 14.9. The third-order valence-electron chi connectivity index (χ3n) is 10.6. The molecule has 10 rings (SSSR count). The van der Waals surface area contributed by atoms with E-state index in [9.17, 15) is 26.4 Å². The van der Waals surface area contributed by atoms with Crippen molar-refractivity contribution in [1.29, 1.82) is 0 Å². The van der Waals surface area contributed by atoms with Crippen LogP contribution in [0.5, 0.6) is 0 Å². The Labute approximate surface area is 373 Å². The highest BCUT2D eigenvalue weighted by Gasteiger charge is 2.29. The summed E-state index contributed by atoms with van der Waals surface area (Å²) in [5, 5.41) is 6.24. The average Bonchev–Trinajstić information content (AvgIpc) is 4.03. The molecule has 10 heterocycles. The number of anilines is 4. The summed E-state index contributed by atoms with van der Waals surface area (Å²) in [5.41, 5.74) is 6.67. The summed E-state index contributed by atoms with van der Waals surface area (Å²) in [5.74, 6) is 0. The van der Waals surface area contributed by atoms with Gasteiger partial charge in [-0.3, -0.25) is 18.4 Å². The van der Waals surface area contributed by atoms with E-state index < -0.39 is 20.0 Å². The van der Waals surface area contributed by atoms with Crippen LogP contribution in [0.4, 0.5) is 22.7 Å². The summed E-state index contributed by atoms with van der Waals surface area (Å²) in [6.07, 6.45) is 17.3. The molecule has 2 fully saturated rings. The van der Waals surface area contributed by atoms with Crippen LogP contribution in [-0.2, 0) is 24.8 Å². The van der Waals surface area contributed by atoms with Gasteiger partial charge in [-0.1, -0.05) is 13.8 Å². The number of hydrogen-bond acceptors (Lipinski definition) is 14. The van der Waals surface area contributed by atoms with Gasteiger partial charge in [-0.05, 0) is 61.4 Å². The SMILES string of the molecule is C.O=c1cc(-c2ccc(Nc3ccc(S(=O)(=O)N4CCOCC4)nc3)c3nccn23)cc[nH]1.O=c1cc(-c2ccc(Nc3cnc(S(=O)(=O)N4CCCCC4)nc3)c3nccn23)cc[nH]1. The standard InChI is InChI=1S/C21H21N7O3S.C21H20N6O4S.CH4/c29-19-12-15(6-7-22-19)18-5-4-17(20-23-8-11-28(18)20)26-16-13-24-21(25-14-16)32(30,31)27-9-2-1-3-10-27;28-19-13-15(5-6-22-19)18-3-2-17(21-23-7-8-27(18)21)25-16-1-4-20(24-14-16)32(29,30)26-9-11-31-12-10-26;/h4-8,11-14,26H,1-3,9-10H2,(H,22,29);1-8,13-14,25H,9-12H2,(H,22,28);1H4. The van der Waals surface area contributed by atoms with Crippen molar-refractivity contribution in [2.75, 3.05) is 50.0 Å². The minimum atomic E-state index is -3.68. The van der Waals surface area contributed by atoms with E-state index in [2.05, 4.69) is 45.5 Å². The van der Waals surface area contributed by atoms with Crippen molar-refractivity contribution in [3.8, 4) is 22.5 Å². The van der Waals surface area contributed by atoms with Crippen LogP contribution in [0.2, 0.25) is 0 Å². The fraction of sp³-hybridized carbons (Fsp3) is 0.233. The second kappa shape index (κ2) is 18.9. The third-order valence-corrected chi connectivity index (χ3v) is 14.2. The highest BCUT2D eigenvalue weighted by atomic mass is 32.2. The summed E-state index contributed by atoms with van der Waals surface area (Å²) >= 11 is 0. The van der Waals surface area contributed by atoms with E-state index in [0.717, 1.165) is 41.8 Å². The lowest BCUT2D eigenvalue weighted by molar-refractivity contribution is 0.0729. The molecule has 2 aliphatic heterocycles. The Morgan fingerprint density at radius 1 is 0.569 bits per heavy atom. The van der Waals surface area contributed by atoms with Gasteiger partial charge in [0.05, 0.1) is 65.9 Å². The lowest BCUT2D eigenvalue weighted by Crippen LogP contribution is -2.40. The monoisotopic (exact) mass is 919 g/mol. The zero-order valence-corrected chi connectivity index (χ0v) is 35.7. The number of fused-ring (bicyclic) bond motifs is 2. The van der Waals surface area contributed by atoms with Gasteiger partial charge >= 0.3 is 0 Å². The van der Waals surface area contributed by atoms with Crippen molar-refractivity contribution in [3.05, 3.63) is 137 Å². The number of rotatable bonds is 10. The van der Waals surface area contributed by atoms with E-state index in [1.165, 1.54) is 45.4 Å². The van der Waals surface area contributed by atoms with Gasteiger partial charge in [0.2, 0.25) is 11.1 Å². The number of morpholine rings is 1. The first kappa shape index (κ1) is 44.5. The Hall–Kier alpha value is -7.11. The largest absolute Gasteiger partial charge is 0.379 e. The van der Waals surface area contributed by atoms with Gasteiger partial charge in [0, 0.05) is 86.6 Å². The molecule has 0 radical (unpaired) electrons. The molecular formula is C43H45N13O7S2. The third kappa shape index (κ3) is 9.42. The van der Waals surface area contributed by atoms with E-state index in [-0.39, 0.29) is 28.7 Å². The number of H-pyrrole nitrogens is 2. The number of pyridine rings is 5. The maximum atomic E-state index is 12.7. The molecule has 0 amide bonds. The van der Waals surface area contributed by atoms with Crippen LogP contribution in [0.15, 0.2) is 136 Å². The Balaban J connectivity index is 0.000000175. The molecule has 8 aromatic heterocycles. The molecule has 65 heavy (non-hydrogen) atoms. The molecule has 4 N–H and O–H groups in total. The molecule has 0 bridgehead atoms. The molecule has 0 spiro atoms. The Morgan fingerprint density at radius 3 is 1.62 bits per heavy atom. The molecule has 0 atom stereocenters. The van der Waals surface area contributed by atoms with Gasteiger partial charge in [-0.15, -0.1) is 0 Å². The van der Waals surface area contributed by atoms with E-state index in [0.29, 0.717) is 73.4 Å². The molecule has 0 aliphatic carbocycles. The number of ether oxygens (including phenoxy) is 1. The number of imidazole rings is 2. The van der Waals surface area contributed by atoms with Crippen molar-refractivity contribution in [2.24, 2.45) is 0 Å². The first-order valence-electron chi connectivity index (χ1n) is 20.3. The maximum Gasteiger partial charge on any atom is 0.278 e. The number of aromatic nitrogens is 9. The van der Waals surface area contributed by atoms with Gasteiger partial charge in [-0.2, -0.15) is 8.61 Å². The maximum absolute atomic E-state index is 12.7. The molecule has 2 saturated heterocycles. The summed E-state index contributed by atoms with van der Waals surface area (Å²) in [6.45, 7) is 2.41. The molecular weight excluding hydrogens is 875 g/mol. The number of hydrogen-bond donors (Lipinski definition) is 4. The summed E-state index contributed by atoms with van der Waals surface area (Å²) < 4.78 is 62.8.